The Morgan fingerprint density at radius 2 is 1.86 bits per heavy atom. The second-order valence-corrected chi connectivity index (χ2v) is 14.7. The van der Waals surface area contributed by atoms with E-state index in [9.17, 15) is 44.4 Å². The van der Waals surface area contributed by atoms with Crippen molar-refractivity contribution < 1.29 is 49.2 Å². The van der Waals surface area contributed by atoms with Gasteiger partial charge in [-0.05, 0) is 43.4 Å². The first-order valence-corrected chi connectivity index (χ1v) is 17.9. The van der Waals surface area contributed by atoms with Crippen LogP contribution in [0.5, 0.6) is 11.5 Å². The van der Waals surface area contributed by atoms with Crippen molar-refractivity contribution in [2.24, 2.45) is 10.9 Å². The van der Waals surface area contributed by atoms with Crippen molar-refractivity contribution in [1.82, 2.24) is 25.4 Å². The number of carbonyl (C=O) groups excluding carboxylic acids is 3. The number of amides is 3. The van der Waals surface area contributed by atoms with E-state index >= 15 is 0 Å². The van der Waals surface area contributed by atoms with Crippen molar-refractivity contribution in [3.63, 3.8) is 0 Å². The summed E-state index contributed by atoms with van der Waals surface area (Å²) in [6, 6.07) is 1.60. The SMILES string of the molecule is Nc1nc(/C(=N/OC(CNC(=O)c2ccc(O)c(O)c2Cl)C(=O)O)C(=O)N[C@@H]2C(=O)N3C(C(=O)O)=C(CN4[C@@H]5CC[C@H]4CC(N)C5)CS[C@H]23)cs1. The van der Waals surface area contributed by atoms with Gasteiger partial charge in [-0.1, -0.05) is 16.8 Å². The number of benzene rings is 1. The van der Waals surface area contributed by atoms with E-state index in [-0.39, 0.29) is 40.2 Å². The number of thioether (sulfide) groups is 1. The number of carboxylic acids is 2. The lowest BCUT2D eigenvalue weighted by Gasteiger charge is -2.50. The first-order chi connectivity index (χ1) is 24.2. The van der Waals surface area contributed by atoms with Crippen LogP contribution in [-0.2, 0) is 24.0 Å². The number of β-lactam (4-membered cyclic amide) rings is 1. The first-order valence-electron chi connectivity index (χ1n) is 15.6. The van der Waals surface area contributed by atoms with Gasteiger partial charge in [0.25, 0.3) is 17.7 Å². The number of rotatable bonds is 12. The van der Waals surface area contributed by atoms with E-state index in [0.717, 1.165) is 49.2 Å². The highest BCUT2D eigenvalue weighted by Crippen LogP contribution is 2.43. The molecule has 2 bridgehead atoms. The van der Waals surface area contributed by atoms with Gasteiger partial charge in [0.05, 0.1) is 17.1 Å². The summed E-state index contributed by atoms with van der Waals surface area (Å²) in [4.78, 5) is 76.7. The third-order valence-corrected chi connectivity index (χ3v) is 11.5. The van der Waals surface area contributed by atoms with Crippen LogP contribution in [0.4, 0.5) is 5.13 Å². The molecule has 3 fully saturated rings. The molecule has 3 amide bonds. The number of phenolic OH excluding ortho intramolecular Hbond substituents is 2. The number of nitrogens with two attached hydrogens (primary N) is 2. The molecule has 18 nitrogen and oxygen atoms in total. The summed E-state index contributed by atoms with van der Waals surface area (Å²) in [5.41, 5.74) is 11.6. The predicted molar refractivity (Wildman–Crippen MR) is 183 cm³/mol. The Kier molecular flexibility index (Phi) is 10.3. The number of nitrogens with one attached hydrogen (secondary N) is 2. The molecule has 0 spiro atoms. The van der Waals surface area contributed by atoms with Gasteiger partial charge in [0.15, 0.2) is 22.3 Å². The summed E-state index contributed by atoms with van der Waals surface area (Å²) in [6.45, 7) is -0.282. The zero-order valence-electron chi connectivity index (χ0n) is 26.5. The maximum absolute atomic E-state index is 13.6. The van der Waals surface area contributed by atoms with E-state index in [2.05, 4.69) is 25.7 Å². The van der Waals surface area contributed by atoms with Crippen LogP contribution >= 0.6 is 34.7 Å². The van der Waals surface area contributed by atoms with E-state index in [0.29, 0.717) is 17.9 Å². The number of oxime groups is 1. The number of halogens is 1. The monoisotopic (exact) mass is 764 g/mol. The molecule has 0 radical (unpaired) electrons. The lowest BCUT2D eigenvalue weighted by molar-refractivity contribution is -0.150. The number of fused-ring (bicyclic) bond motifs is 3. The number of piperidine rings is 1. The summed E-state index contributed by atoms with van der Waals surface area (Å²) >= 11 is 8.17. The highest BCUT2D eigenvalue weighted by Gasteiger charge is 2.55. The number of nitrogens with zero attached hydrogens (tertiary/aromatic N) is 4. The number of phenols is 2. The third kappa shape index (κ3) is 7.13. The van der Waals surface area contributed by atoms with Crippen LogP contribution in [0.1, 0.15) is 41.7 Å². The number of hydrogen-bond acceptors (Lipinski definition) is 15. The second kappa shape index (κ2) is 14.5. The summed E-state index contributed by atoms with van der Waals surface area (Å²) in [6.07, 6.45) is 1.79. The van der Waals surface area contributed by atoms with Crippen molar-refractivity contribution in [3.05, 3.63) is 45.1 Å². The highest BCUT2D eigenvalue weighted by molar-refractivity contribution is 8.00. The molecule has 51 heavy (non-hydrogen) atoms. The largest absolute Gasteiger partial charge is 0.504 e. The van der Waals surface area contributed by atoms with Gasteiger partial charge in [-0.2, -0.15) is 0 Å². The number of aromatic nitrogens is 1. The van der Waals surface area contributed by atoms with E-state index in [1.54, 1.807) is 0 Å². The lowest BCUT2D eigenvalue weighted by Crippen LogP contribution is -2.71. The smallest absolute Gasteiger partial charge is 0.352 e. The van der Waals surface area contributed by atoms with Gasteiger partial charge in [0.1, 0.15) is 22.8 Å². The molecule has 10 N–H and O–H groups in total. The lowest BCUT2D eigenvalue weighted by atomic mass is 9.96. The highest BCUT2D eigenvalue weighted by atomic mass is 35.5. The number of carbonyl (C=O) groups is 5. The summed E-state index contributed by atoms with van der Waals surface area (Å²) < 4.78 is 0. The van der Waals surface area contributed by atoms with Crippen molar-refractivity contribution >= 4 is 75.2 Å². The number of nitrogen functional groups attached to an aromatic ring is 1. The molecule has 272 valence electrons. The van der Waals surface area contributed by atoms with Crippen LogP contribution in [0.15, 0.2) is 33.9 Å². The predicted octanol–water partition coefficient (Wildman–Crippen LogP) is 0.0865. The van der Waals surface area contributed by atoms with Gasteiger partial charge in [-0.15, -0.1) is 23.1 Å². The number of thiazole rings is 1. The molecule has 5 heterocycles. The van der Waals surface area contributed by atoms with Crippen LogP contribution in [0.2, 0.25) is 5.02 Å². The Morgan fingerprint density at radius 1 is 1.16 bits per heavy atom. The van der Waals surface area contributed by atoms with Crippen LogP contribution in [0, 0.1) is 0 Å². The van der Waals surface area contributed by atoms with Crippen molar-refractivity contribution in [2.75, 3.05) is 24.6 Å². The number of carboxylic acid groups (broad SMARTS) is 2. The fourth-order valence-corrected chi connectivity index (χ4v) is 8.84. The topological polar surface area (TPSA) is 283 Å². The number of hydrogen-bond donors (Lipinski definition) is 8. The zero-order chi connectivity index (χ0) is 36.7. The molecule has 0 saturated carbocycles. The summed E-state index contributed by atoms with van der Waals surface area (Å²) in [5.74, 6) is -6.38. The minimum Gasteiger partial charge on any atom is -0.504 e. The zero-order valence-corrected chi connectivity index (χ0v) is 28.9. The van der Waals surface area contributed by atoms with Gasteiger partial charge in [-0.25, -0.2) is 14.6 Å². The Morgan fingerprint density at radius 3 is 2.49 bits per heavy atom. The molecule has 6 atom stereocenters. The van der Waals surface area contributed by atoms with Crippen LogP contribution in [-0.4, -0.2) is 125 Å². The Labute approximate surface area is 302 Å². The summed E-state index contributed by atoms with van der Waals surface area (Å²) in [5, 5.41) is 48.0. The number of anilines is 1. The molecular weight excluding hydrogens is 732 g/mol. The van der Waals surface area contributed by atoms with E-state index in [1.807, 2.05) is 0 Å². The fourth-order valence-electron chi connectivity index (χ4n) is 6.71. The van der Waals surface area contributed by atoms with Gasteiger partial charge < -0.3 is 47.4 Å². The Hall–Kier alpha value is -4.63. The Bertz CT molecular complexity index is 1840. The van der Waals surface area contributed by atoms with E-state index < -0.39 is 76.0 Å². The van der Waals surface area contributed by atoms with Crippen molar-refractivity contribution in [1.29, 1.82) is 0 Å². The summed E-state index contributed by atoms with van der Waals surface area (Å²) in [7, 11) is 0. The molecule has 3 saturated heterocycles. The van der Waals surface area contributed by atoms with Crippen LogP contribution in [0.25, 0.3) is 0 Å². The van der Waals surface area contributed by atoms with Gasteiger partial charge in [0, 0.05) is 35.8 Å². The van der Waals surface area contributed by atoms with E-state index in [1.165, 1.54) is 22.0 Å². The standard InChI is InChI=1S/C30H33ClN8O10S2/c31-19-15(3-4-17(40)23(19)41)24(42)34-7-18(28(45)46)49-37-20(16-10-51-30(33)35-16)25(43)36-21-26(44)39-22(29(47)48)11(9-50-27(21)39)8-38-13-1-2-14(38)6-12(32)5-13/h3-4,10,12-14,18,21,27,40-41H,1-2,5-9,32H2,(H2,33,35)(H,34,42)(H,36,43)(H,45,46)(H,47,48)/b37-20-/t12?,13-,14+,18?,21-,27-/m1/s1. The van der Waals surface area contributed by atoms with E-state index in [4.69, 9.17) is 27.9 Å². The average molecular weight is 765 g/mol. The third-order valence-electron chi connectivity index (χ3n) is 9.14. The van der Waals surface area contributed by atoms with Crippen molar-refractivity contribution in [2.45, 2.75) is 61.3 Å². The maximum Gasteiger partial charge on any atom is 0.352 e. The molecular formula is C30H33ClN8O10S2. The van der Waals surface area contributed by atoms with Gasteiger partial charge in [0.2, 0.25) is 6.10 Å². The molecule has 1 aromatic heterocycles. The maximum atomic E-state index is 13.6. The Balaban J connectivity index is 1.15. The second-order valence-electron chi connectivity index (χ2n) is 12.4. The normalized spacial score (nSPS) is 25.1. The van der Waals surface area contributed by atoms with Crippen LogP contribution in [0.3, 0.4) is 0 Å². The van der Waals surface area contributed by atoms with Crippen LogP contribution < -0.4 is 22.1 Å². The molecule has 1 aromatic carbocycles. The van der Waals surface area contributed by atoms with Gasteiger partial charge in [-0.3, -0.25) is 24.2 Å². The fraction of sp³-hybridized carbons (Fsp3) is 0.433. The molecule has 21 heteroatoms. The minimum atomic E-state index is -1.85. The number of aromatic hydroxyl groups is 2. The van der Waals surface area contributed by atoms with Gasteiger partial charge >= 0.3 is 11.9 Å². The molecule has 2 unspecified atom stereocenters. The first kappa shape index (κ1) is 36.2. The average Bonchev–Trinajstić information content (AvgIpc) is 3.61. The molecule has 6 rings (SSSR count). The number of aliphatic carboxylic acids is 2. The molecule has 2 aromatic rings. The minimum absolute atomic E-state index is 0.0446. The quantitative estimate of drug-likeness (QED) is 0.0615. The molecule has 4 aliphatic rings. The molecule has 0 aliphatic carbocycles. The van der Waals surface area contributed by atoms with Crippen molar-refractivity contribution in [3.8, 4) is 11.5 Å². The molecule has 4 aliphatic heterocycles.